The summed E-state index contributed by atoms with van der Waals surface area (Å²) in [6.45, 7) is 1.73. The lowest BCUT2D eigenvalue weighted by Gasteiger charge is -2.05. The number of phenols is 1. The lowest BCUT2D eigenvalue weighted by atomic mass is 10.2. The molecule has 0 radical (unpaired) electrons. The van der Waals surface area contributed by atoms with Crippen molar-refractivity contribution in [1.29, 1.82) is 0 Å². The molecular formula is C16H15N3O5. The molecule has 0 aliphatic carbocycles. The average Bonchev–Trinajstić information content (AvgIpc) is 2.55. The molecule has 2 aromatic carbocycles. The Morgan fingerprint density at radius 1 is 1.33 bits per heavy atom. The maximum atomic E-state index is 11.6. The third-order valence-corrected chi connectivity index (χ3v) is 2.99. The van der Waals surface area contributed by atoms with Crippen LogP contribution in [0.15, 0.2) is 47.6 Å². The Morgan fingerprint density at radius 3 is 2.71 bits per heavy atom. The average molecular weight is 329 g/mol. The van der Waals surface area contributed by atoms with Gasteiger partial charge in [-0.2, -0.15) is 5.10 Å². The smallest absolute Gasteiger partial charge is 0.311 e. The van der Waals surface area contributed by atoms with Crippen molar-refractivity contribution in [3.8, 4) is 11.5 Å². The van der Waals surface area contributed by atoms with Gasteiger partial charge in [0.25, 0.3) is 5.91 Å². The third-order valence-electron chi connectivity index (χ3n) is 2.99. The zero-order chi connectivity index (χ0) is 17.5. The van der Waals surface area contributed by atoms with Crippen molar-refractivity contribution in [2.24, 2.45) is 5.10 Å². The lowest BCUT2D eigenvalue weighted by molar-refractivity contribution is -0.385. The van der Waals surface area contributed by atoms with Gasteiger partial charge in [0.15, 0.2) is 12.4 Å². The molecule has 2 N–H and O–H groups in total. The van der Waals surface area contributed by atoms with Gasteiger partial charge in [0.2, 0.25) is 0 Å². The number of benzene rings is 2. The highest BCUT2D eigenvalue weighted by Gasteiger charge is 2.12. The van der Waals surface area contributed by atoms with Crippen LogP contribution >= 0.6 is 0 Å². The van der Waals surface area contributed by atoms with E-state index in [2.05, 4.69) is 10.5 Å². The first-order chi connectivity index (χ1) is 11.5. The normalized spacial score (nSPS) is 10.5. The summed E-state index contributed by atoms with van der Waals surface area (Å²) in [5, 5.41) is 23.7. The maximum absolute atomic E-state index is 11.6. The van der Waals surface area contributed by atoms with Crippen LogP contribution in [0.2, 0.25) is 0 Å². The van der Waals surface area contributed by atoms with Crippen LogP contribution in [-0.4, -0.2) is 28.8 Å². The van der Waals surface area contributed by atoms with Gasteiger partial charge in [0, 0.05) is 11.6 Å². The summed E-state index contributed by atoms with van der Waals surface area (Å²) in [7, 11) is 0. The second-order valence-corrected chi connectivity index (χ2v) is 4.90. The van der Waals surface area contributed by atoms with E-state index < -0.39 is 22.3 Å². The molecule has 8 heteroatoms. The number of nitro groups is 1. The minimum Gasteiger partial charge on any atom is -0.502 e. The van der Waals surface area contributed by atoms with Gasteiger partial charge in [-0.05, 0) is 31.2 Å². The molecule has 0 unspecified atom stereocenters. The fourth-order valence-corrected chi connectivity index (χ4v) is 1.76. The summed E-state index contributed by atoms with van der Waals surface area (Å²) in [5.41, 5.74) is 3.26. The number of ether oxygens (including phenoxy) is 1. The Labute approximate surface area is 137 Å². The van der Waals surface area contributed by atoms with E-state index in [0.717, 1.165) is 11.6 Å². The van der Waals surface area contributed by atoms with Gasteiger partial charge in [-0.25, -0.2) is 5.43 Å². The second kappa shape index (κ2) is 7.73. The van der Waals surface area contributed by atoms with Gasteiger partial charge in [0.05, 0.1) is 11.1 Å². The Hall–Kier alpha value is -3.42. The molecular weight excluding hydrogens is 314 g/mol. The van der Waals surface area contributed by atoms with Crippen LogP contribution in [0.25, 0.3) is 0 Å². The molecule has 0 spiro atoms. The van der Waals surface area contributed by atoms with E-state index in [1.807, 2.05) is 19.1 Å². The molecule has 2 rings (SSSR count). The number of phenolic OH excluding ortho intramolecular Hbond substituents is 1. The summed E-state index contributed by atoms with van der Waals surface area (Å²) >= 11 is 0. The first-order valence-corrected chi connectivity index (χ1v) is 6.94. The highest BCUT2D eigenvalue weighted by atomic mass is 16.6. The SMILES string of the molecule is Cc1ccc(OCC(=O)NN=Cc2ccc(O)c([N+](=O)[O-])c2)cc1. The highest BCUT2D eigenvalue weighted by Crippen LogP contribution is 2.25. The van der Waals surface area contributed by atoms with Gasteiger partial charge in [-0.15, -0.1) is 0 Å². The molecule has 2 aromatic rings. The minimum absolute atomic E-state index is 0.212. The van der Waals surface area contributed by atoms with Crippen LogP contribution in [0, 0.1) is 17.0 Å². The molecule has 124 valence electrons. The number of hydrogen-bond donors (Lipinski definition) is 2. The summed E-state index contributed by atoms with van der Waals surface area (Å²) in [4.78, 5) is 21.6. The van der Waals surface area contributed by atoms with Gasteiger partial charge in [0.1, 0.15) is 5.75 Å². The van der Waals surface area contributed by atoms with Crippen molar-refractivity contribution in [2.75, 3.05) is 6.61 Å². The van der Waals surface area contributed by atoms with E-state index in [-0.39, 0.29) is 6.61 Å². The van der Waals surface area contributed by atoms with Crippen LogP contribution in [0.1, 0.15) is 11.1 Å². The Kier molecular flexibility index (Phi) is 5.45. The van der Waals surface area contributed by atoms with Gasteiger partial charge in [-0.1, -0.05) is 17.7 Å². The number of carbonyl (C=O) groups excluding carboxylic acids is 1. The van der Waals surface area contributed by atoms with E-state index in [4.69, 9.17) is 4.74 Å². The number of nitro benzene ring substituents is 1. The zero-order valence-electron chi connectivity index (χ0n) is 12.8. The second-order valence-electron chi connectivity index (χ2n) is 4.90. The van der Waals surface area contributed by atoms with Gasteiger partial charge >= 0.3 is 5.69 Å². The first kappa shape index (κ1) is 16.9. The predicted molar refractivity (Wildman–Crippen MR) is 87.2 cm³/mol. The molecule has 0 fully saturated rings. The molecule has 0 saturated carbocycles. The van der Waals surface area contributed by atoms with Crippen molar-refractivity contribution in [3.05, 3.63) is 63.7 Å². The van der Waals surface area contributed by atoms with E-state index >= 15 is 0 Å². The topological polar surface area (TPSA) is 114 Å². The molecule has 0 aliphatic rings. The quantitative estimate of drug-likeness (QED) is 0.479. The van der Waals surface area contributed by atoms with E-state index in [9.17, 15) is 20.0 Å². The van der Waals surface area contributed by atoms with Crippen molar-refractivity contribution < 1.29 is 19.6 Å². The minimum atomic E-state index is -0.708. The van der Waals surface area contributed by atoms with Crippen LogP contribution in [-0.2, 0) is 4.79 Å². The molecule has 0 aromatic heterocycles. The summed E-state index contributed by atoms with van der Waals surface area (Å²) < 4.78 is 5.28. The van der Waals surface area contributed by atoms with Crippen molar-refractivity contribution in [3.63, 3.8) is 0 Å². The Morgan fingerprint density at radius 2 is 2.04 bits per heavy atom. The van der Waals surface area contributed by atoms with Crippen molar-refractivity contribution in [2.45, 2.75) is 6.92 Å². The number of amides is 1. The van der Waals surface area contributed by atoms with E-state index in [1.165, 1.54) is 18.3 Å². The number of rotatable bonds is 6. The lowest BCUT2D eigenvalue weighted by Crippen LogP contribution is -2.24. The van der Waals surface area contributed by atoms with Crippen LogP contribution in [0.4, 0.5) is 5.69 Å². The molecule has 0 bridgehead atoms. The molecule has 24 heavy (non-hydrogen) atoms. The molecule has 1 amide bonds. The standard InChI is InChI=1S/C16H15N3O5/c1-11-2-5-13(6-3-11)24-10-16(21)18-17-9-12-4-7-15(20)14(8-12)19(22)23/h2-9,20H,10H2,1H3,(H,18,21). The summed E-state index contributed by atoms with van der Waals surface area (Å²) in [6, 6.07) is 11.0. The molecule has 0 saturated heterocycles. The summed E-state index contributed by atoms with van der Waals surface area (Å²) in [5.74, 6) is -0.346. The van der Waals surface area contributed by atoms with Crippen LogP contribution in [0.5, 0.6) is 11.5 Å². The number of nitrogens with one attached hydrogen (secondary N) is 1. The fourth-order valence-electron chi connectivity index (χ4n) is 1.76. The number of nitrogens with zero attached hydrogens (tertiary/aromatic N) is 2. The van der Waals surface area contributed by atoms with E-state index in [1.54, 1.807) is 12.1 Å². The number of aromatic hydroxyl groups is 1. The number of aryl methyl sites for hydroxylation is 1. The number of hydrazone groups is 1. The monoisotopic (exact) mass is 329 g/mol. The Bertz CT molecular complexity index is 772. The first-order valence-electron chi connectivity index (χ1n) is 6.94. The number of carbonyl (C=O) groups is 1. The van der Waals surface area contributed by atoms with E-state index in [0.29, 0.717) is 11.3 Å². The maximum Gasteiger partial charge on any atom is 0.311 e. The highest BCUT2D eigenvalue weighted by molar-refractivity contribution is 5.84. The third kappa shape index (κ3) is 4.80. The zero-order valence-corrected chi connectivity index (χ0v) is 12.8. The van der Waals surface area contributed by atoms with Crippen LogP contribution in [0.3, 0.4) is 0 Å². The largest absolute Gasteiger partial charge is 0.502 e. The Balaban J connectivity index is 1.87. The van der Waals surface area contributed by atoms with Crippen molar-refractivity contribution >= 4 is 17.8 Å². The van der Waals surface area contributed by atoms with Crippen LogP contribution < -0.4 is 10.2 Å². The molecule has 0 aliphatic heterocycles. The van der Waals surface area contributed by atoms with Gasteiger partial charge < -0.3 is 9.84 Å². The van der Waals surface area contributed by atoms with Crippen molar-refractivity contribution in [1.82, 2.24) is 5.43 Å². The summed E-state index contributed by atoms with van der Waals surface area (Å²) in [6.07, 6.45) is 1.23. The predicted octanol–water partition coefficient (Wildman–Crippen LogP) is 2.14. The fraction of sp³-hybridized carbons (Fsp3) is 0.125. The molecule has 0 heterocycles. The van der Waals surface area contributed by atoms with Gasteiger partial charge in [-0.3, -0.25) is 14.9 Å². The molecule has 0 atom stereocenters. The number of hydrogen-bond acceptors (Lipinski definition) is 6. The molecule has 8 nitrogen and oxygen atoms in total.